The summed E-state index contributed by atoms with van der Waals surface area (Å²) < 4.78 is 30.6. The highest BCUT2D eigenvalue weighted by atomic mass is 35.5. The van der Waals surface area contributed by atoms with Crippen LogP contribution >= 0.6 is 23.8 Å². The number of alkyl halides is 2. The quantitative estimate of drug-likeness (QED) is 0.231. The number of hydrogen-bond donors (Lipinski definition) is 2. The molecule has 148 valence electrons. The second-order valence-corrected chi connectivity index (χ2v) is 6.63. The number of aliphatic hydroxyl groups excluding tert-OH is 1. The number of nitrogens with one attached hydrogen (secondary N) is 1. The third kappa shape index (κ3) is 5.28. The molecule has 0 radical (unpaired) electrons. The molecule has 0 atom stereocenters. The lowest BCUT2D eigenvalue weighted by Crippen LogP contribution is -2.38. The van der Waals surface area contributed by atoms with Crippen molar-refractivity contribution in [1.82, 2.24) is 0 Å². The van der Waals surface area contributed by atoms with Crippen molar-refractivity contribution in [2.45, 2.75) is 6.61 Å². The fourth-order valence-corrected chi connectivity index (χ4v) is 3.13. The molecule has 4 nitrogen and oxygen atoms in total. The van der Waals surface area contributed by atoms with E-state index >= 15 is 0 Å². The van der Waals surface area contributed by atoms with Crippen molar-refractivity contribution in [2.24, 2.45) is 0 Å². The molecule has 0 bridgehead atoms. The fraction of sp³-hybridized carbons (Fsp3) is 0.0476. The maximum absolute atomic E-state index is 12.3. The molecule has 2 aromatic carbocycles. The second kappa shape index (κ2) is 9.45. The maximum atomic E-state index is 12.3. The van der Waals surface area contributed by atoms with Gasteiger partial charge in [0.25, 0.3) is 5.70 Å². The van der Waals surface area contributed by atoms with Gasteiger partial charge >= 0.3 is 6.61 Å². The summed E-state index contributed by atoms with van der Waals surface area (Å²) in [5.74, 6) is -0.0782. The molecule has 8 heteroatoms. The van der Waals surface area contributed by atoms with Crippen LogP contribution in [-0.2, 0) is 0 Å². The van der Waals surface area contributed by atoms with E-state index < -0.39 is 6.61 Å². The zero-order chi connectivity index (χ0) is 20.8. The van der Waals surface area contributed by atoms with Crippen LogP contribution in [0.1, 0.15) is 5.56 Å². The number of nitrogens with zero attached hydrogens (tertiary/aromatic N) is 1. The highest BCUT2D eigenvalue weighted by Gasteiger charge is 2.24. The summed E-state index contributed by atoms with van der Waals surface area (Å²) in [4.78, 5) is 0.209. The monoisotopic (exact) mass is 433 g/mol. The van der Waals surface area contributed by atoms with Gasteiger partial charge in [0, 0.05) is 23.4 Å². The van der Waals surface area contributed by atoms with E-state index in [2.05, 4.69) is 10.1 Å². The molecule has 2 N–H and O–H groups in total. The Morgan fingerprint density at radius 1 is 1.00 bits per heavy atom. The molecule has 29 heavy (non-hydrogen) atoms. The standard InChI is InChI=1S/C21H15ClF2N2O2S/c22-17-7-3-2-6-16(17)19(27)18(26-12-4-1-5-13-26)20(29)25-14-8-10-15(11-9-14)28-21(23)24/h1-13,21H,(H-,25,27,29)/p+1. The largest absolute Gasteiger partial charge is 0.502 e. The molecule has 1 aromatic heterocycles. The van der Waals surface area contributed by atoms with Crippen molar-refractivity contribution in [3.05, 3.63) is 89.7 Å². The van der Waals surface area contributed by atoms with Crippen LogP contribution in [0.5, 0.6) is 5.75 Å². The summed E-state index contributed by atoms with van der Waals surface area (Å²) in [5.41, 5.74) is 1.27. The average molecular weight is 434 g/mol. The molecule has 0 aliphatic carbocycles. The zero-order valence-electron chi connectivity index (χ0n) is 14.9. The van der Waals surface area contributed by atoms with E-state index in [9.17, 15) is 13.9 Å². The number of pyridine rings is 1. The summed E-state index contributed by atoms with van der Waals surface area (Å²) in [5, 5.41) is 14.3. The Morgan fingerprint density at radius 2 is 1.66 bits per heavy atom. The molecular formula is C21H16ClF2N2O2S+. The van der Waals surface area contributed by atoms with Gasteiger partial charge in [-0.05, 0) is 36.4 Å². The minimum atomic E-state index is -2.90. The van der Waals surface area contributed by atoms with Gasteiger partial charge in [0.1, 0.15) is 5.75 Å². The Labute approximate surface area is 176 Å². The Hall–Kier alpha value is -3.03. The summed E-state index contributed by atoms with van der Waals surface area (Å²) in [7, 11) is 0. The van der Waals surface area contributed by atoms with E-state index in [0.29, 0.717) is 22.0 Å². The van der Waals surface area contributed by atoms with Gasteiger partial charge in [-0.1, -0.05) is 42.0 Å². The first-order valence-electron chi connectivity index (χ1n) is 8.47. The van der Waals surface area contributed by atoms with Crippen LogP contribution in [-0.4, -0.2) is 16.7 Å². The lowest BCUT2D eigenvalue weighted by atomic mass is 10.1. The first-order valence-corrected chi connectivity index (χ1v) is 9.25. The molecular weight excluding hydrogens is 418 g/mol. The van der Waals surface area contributed by atoms with Gasteiger partial charge in [-0.15, -0.1) is 0 Å². The van der Waals surface area contributed by atoms with E-state index in [4.69, 9.17) is 23.8 Å². The lowest BCUT2D eigenvalue weighted by Gasteiger charge is -2.11. The number of ether oxygens (including phenoxy) is 1. The van der Waals surface area contributed by atoms with Gasteiger partial charge in [0.15, 0.2) is 17.4 Å². The molecule has 3 rings (SSSR count). The highest BCUT2D eigenvalue weighted by molar-refractivity contribution is 7.81. The Morgan fingerprint density at radius 3 is 2.28 bits per heavy atom. The van der Waals surface area contributed by atoms with Gasteiger partial charge in [0.2, 0.25) is 5.76 Å². The zero-order valence-corrected chi connectivity index (χ0v) is 16.5. The summed E-state index contributed by atoms with van der Waals surface area (Å²) in [6, 6.07) is 18.1. The third-order valence-electron chi connectivity index (χ3n) is 3.88. The van der Waals surface area contributed by atoms with Crippen molar-refractivity contribution < 1.29 is 23.2 Å². The van der Waals surface area contributed by atoms with Crippen LogP contribution in [0.15, 0.2) is 79.1 Å². The SMILES string of the molecule is O/C(=C(\C(=S)Nc1ccc(OC(F)F)cc1)[n+]1ccccc1)c1ccccc1Cl. The molecule has 0 fully saturated rings. The number of aliphatic hydroxyl groups is 1. The number of aromatic nitrogens is 1. The van der Waals surface area contributed by atoms with Crippen LogP contribution in [0, 0.1) is 0 Å². The maximum Gasteiger partial charge on any atom is 0.387 e. The first kappa shape index (κ1) is 20.7. The lowest BCUT2D eigenvalue weighted by molar-refractivity contribution is -0.575. The van der Waals surface area contributed by atoms with Crippen molar-refractivity contribution in [3.8, 4) is 5.75 Å². The van der Waals surface area contributed by atoms with Crippen LogP contribution in [0.3, 0.4) is 0 Å². The molecule has 0 unspecified atom stereocenters. The van der Waals surface area contributed by atoms with Gasteiger partial charge in [-0.25, -0.2) is 0 Å². The number of anilines is 1. The number of thiocarbonyl (C=S) groups is 1. The van der Waals surface area contributed by atoms with Gasteiger partial charge in [0.05, 0.1) is 5.02 Å². The van der Waals surface area contributed by atoms with Crippen LogP contribution < -0.4 is 14.6 Å². The Balaban J connectivity index is 1.96. The van der Waals surface area contributed by atoms with Crippen molar-refractivity contribution in [2.75, 3.05) is 5.32 Å². The first-order chi connectivity index (χ1) is 14.0. The Bertz CT molecular complexity index is 1030. The molecule has 0 amide bonds. The summed E-state index contributed by atoms with van der Waals surface area (Å²) >= 11 is 11.7. The molecule has 0 saturated carbocycles. The van der Waals surface area contributed by atoms with Crippen molar-refractivity contribution >= 4 is 46.0 Å². The molecule has 0 saturated heterocycles. The fourth-order valence-electron chi connectivity index (χ4n) is 2.59. The second-order valence-electron chi connectivity index (χ2n) is 5.82. The topological polar surface area (TPSA) is 45.4 Å². The van der Waals surface area contributed by atoms with E-state index in [0.717, 1.165) is 0 Å². The van der Waals surface area contributed by atoms with Crippen LogP contribution in [0.4, 0.5) is 14.5 Å². The third-order valence-corrected chi connectivity index (χ3v) is 4.50. The predicted molar refractivity (Wildman–Crippen MR) is 113 cm³/mol. The molecule has 0 aliphatic rings. The normalized spacial score (nSPS) is 11.7. The van der Waals surface area contributed by atoms with E-state index in [-0.39, 0.29) is 16.5 Å². The number of hydrogen-bond acceptors (Lipinski definition) is 3. The molecule has 0 spiro atoms. The van der Waals surface area contributed by atoms with Crippen molar-refractivity contribution in [3.63, 3.8) is 0 Å². The van der Waals surface area contributed by atoms with E-state index in [1.165, 1.54) is 12.1 Å². The minimum Gasteiger partial charge on any atom is -0.502 e. The predicted octanol–water partition coefficient (Wildman–Crippen LogP) is 5.55. The van der Waals surface area contributed by atoms with E-state index in [1.54, 1.807) is 65.5 Å². The van der Waals surface area contributed by atoms with Crippen molar-refractivity contribution in [1.29, 1.82) is 0 Å². The minimum absolute atomic E-state index is 0.0311. The van der Waals surface area contributed by atoms with Gasteiger partial charge in [-0.3, -0.25) is 0 Å². The number of halogens is 3. The van der Waals surface area contributed by atoms with Gasteiger partial charge in [-0.2, -0.15) is 13.3 Å². The van der Waals surface area contributed by atoms with Crippen LogP contribution in [0.2, 0.25) is 5.02 Å². The molecule has 0 aliphatic heterocycles. The highest BCUT2D eigenvalue weighted by Crippen LogP contribution is 2.26. The smallest absolute Gasteiger partial charge is 0.387 e. The summed E-state index contributed by atoms with van der Waals surface area (Å²) in [6.07, 6.45) is 3.46. The van der Waals surface area contributed by atoms with Crippen LogP contribution in [0.25, 0.3) is 11.5 Å². The van der Waals surface area contributed by atoms with E-state index in [1.807, 2.05) is 6.07 Å². The average Bonchev–Trinajstić information content (AvgIpc) is 2.70. The molecule has 1 heterocycles. The molecule has 3 aromatic rings. The van der Waals surface area contributed by atoms with Gasteiger partial charge < -0.3 is 15.2 Å². The Kier molecular flexibility index (Phi) is 6.74. The number of rotatable bonds is 6. The number of benzene rings is 2. The summed E-state index contributed by atoms with van der Waals surface area (Å²) in [6.45, 7) is -2.90.